The topological polar surface area (TPSA) is 35.5 Å². The molecule has 1 aromatic carbocycles. The van der Waals surface area contributed by atoms with E-state index in [2.05, 4.69) is 5.32 Å². The second-order valence-corrected chi connectivity index (χ2v) is 5.57. The van der Waals surface area contributed by atoms with Crippen LogP contribution < -0.4 is 5.32 Å². The van der Waals surface area contributed by atoms with Crippen LogP contribution in [0.15, 0.2) is 18.2 Å². The van der Waals surface area contributed by atoms with Crippen molar-refractivity contribution in [3.8, 4) is 5.75 Å². The van der Waals surface area contributed by atoms with Crippen molar-refractivity contribution in [2.75, 3.05) is 26.2 Å². The van der Waals surface area contributed by atoms with Gasteiger partial charge < -0.3 is 10.4 Å². The van der Waals surface area contributed by atoms with Gasteiger partial charge in [0.15, 0.2) is 0 Å². The van der Waals surface area contributed by atoms with Crippen molar-refractivity contribution in [3.05, 3.63) is 28.8 Å². The number of piperazine rings is 1. The summed E-state index contributed by atoms with van der Waals surface area (Å²) in [7, 11) is 0. The summed E-state index contributed by atoms with van der Waals surface area (Å²) in [5.74, 6) is -0.0599. The first-order chi connectivity index (χ1) is 9.87. The third-order valence-electron chi connectivity index (χ3n) is 3.65. The van der Waals surface area contributed by atoms with E-state index in [0.29, 0.717) is 18.7 Å². The van der Waals surface area contributed by atoms with Gasteiger partial charge in [-0.05, 0) is 24.1 Å². The van der Waals surface area contributed by atoms with Gasteiger partial charge in [-0.15, -0.1) is 24.8 Å². The molecule has 1 aliphatic heterocycles. The van der Waals surface area contributed by atoms with Gasteiger partial charge in [0.2, 0.25) is 0 Å². The second kappa shape index (κ2) is 9.79. The van der Waals surface area contributed by atoms with Crippen LogP contribution in [0.1, 0.15) is 24.4 Å². The molecule has 0 spiro atoms. The van der Waals surface area contributed by atoms with Crippen molar-refractivity contribution in [1.29, 1.82) is 0 Å². The van der Waals surface area contributed by atoms with Crippen LogP contribution in [0.25, 0.3) is 0 Å². The van der Waals surface area contributed by atoms with Crippen molar-refractivity contribution < 1.29 is 18.3 Å². The van der Waals surface area contributed by atoms with Crippen LogP contribution in [-0.2, 0) is 0 Å². The third-order valence-corrected chi connectivity index (χ3v) is 3.95. The van der Waals surface area contributed by atoms with Crippen LogP contribution in [0.3, 0.4) is 0 Å². The van der Waals surface area contributed by atoms with E-state index in [-0.39, 0.29) is 48.0 Å². The number of halogens is 6. The van der Waals surface area contributed by atoms with Gasteiger partial charge in [-0.25, -0.2) is 0 Å². The molecule has 2 rings (SSSR count). The summed E-state index contributed by atoms with van der Waals surface area (Å²) in [5.41, 5.74) is 0.712. The molecule has 0 radical (unpaired) electrons. The highest BCUT2D eigenvalue weighted by Gasteiger charge is 2.31. The summed E-state index contributed by atoms with van der Waals surface area (Å²) in [4.78, 5) is 2.03. The molecule has 1 aliphatic rings. The van der Waals surface area contributed by atoms with Gasteiger partial charge in [0.05, 0.1) is 5.02 Å². The summed E-state index contributed by atoms with van der Waals surface area (Å²) >= 11 is 5.88. The fourth-order valence-corrected chi connectivity index (χ4v) is 2.77. The molecular weight excluding hydrogens is 376 g/mol. The number of hydrogen-bond acceptors (Lipinski definition) is 3. The van der Waals surface area contributed by atoms with Gasteiger partial charge >= 0.3 is 6.18 Å². The molecule has 0 unspecified atom stereocenters. The first-order valence-electron chi connectivity index (χ1n) is 6.87. The number of phenols is 1. The van der Waals surface area contributed by atoms with Gasteiger partial charge in [0.25, 0.3) is 0 Å². The molecule has 0 amide bonds. The van der Waals surface area contributed by atoms with Crippen LogP contribution in [0, 0.1) is 0 Å². The van der Waals surface area contributed by atoms with E-state index < -0.39 is 12.6 Å². The van der Waals surface area contributed by atoms with Crippen LogP contribution in [-0.4, -0.2) is 42.4 Å². The van der Waals surface area contributed by atoms with Crippen molar-refractivity contribution in [3.63, 3.8) is 0 Å². The predicted molar refractivity (Wildman–Crippen MR) is 90.1 cm³/mol. The van der Waals surface area contributed by atoms with Crippen LogP contribution >= 0.6 is 36.4 Å². The van der Waals surface area contributed by atoms with Gasteiger partial charge in [-0.2, -0.15) is 13.2 Å². The molecule has 3 nitrogen and oxygen atoms in total. The Hall–Kier alpha value is -0.400. The van der Waals surface area contributed by atoms with Gasteiger partial charge in [0, 0.05) is 38.6 Å². The predicted octanol–water partition coefficient (Wildman–Crippen LogP) is 4.18. The summed E-state index contributed by atoms with van der Waals surface area (Å²) in [6.07, 6.45) is -5.02. The number of phenolic OH excluding ortho intramolecular Hbond substituents is 1. The maximum atomic E-state index is 12.5. The number of nitrogens with zero attached hydrogens (tertiary/aromatic N) is 1. The fourth-order valence-electron chi connectivity index (χ4n) is 2.58. The van der Waals surface area contributed by atoms with E-state index in [1.165, 1.54) is 6.07 Å². The lowest BCUT2D eigenvalue weighted by atomic mass is 9.99. The van der Waals surface area contributed by atoms with Crippen molar-refractivity contribution in [2.45, 2.75) is 25.1 Å². The number of nitrogens with one attached hydrogen (secondary N) is 1. The molecular formula is C14H20Cl3F3N2O. The average Bonchev–Trinajstić information content (AvgIpc) is 2.43. The first kappa shape index (κ1) is 22.6. The Morgan fingerprint density at radius 2 is 1.83 bits per heavy atom. The molecule has 0 aliphatic carbocycles. The molecule has 0 saturated carbocycles. The van der Waals surface area contributed by atoms with Gasteiger partial charge in [-0.1, -0.05) is 17.7 Å². The fraction of sp³-hybridized carbons (Fsp3) is 0.571. The molecule has 9 heteroatoms. The lowest BCUT2D eigenvalue weighted by molar-refractivity contribution is -0.138. The average molecular weight is 396 g/mol. The Bertz CT molecular complexity index is 483. The van der Waals surface area contributed by atoms with E-state index >= 15 is 0 Å². The third kappa shape index (κ3) is 6.93. The normalized spacial score (nSPS) is 17.0. The van der Waals surface area contributed by atoms with E-state index in [0.717, 1.165) is 13.1 Å². The Balaban J connectivity index is 0.00000242. The zero-order chi connectivity index (χ0) is 15.5. The molecule has 0 aromatic heterocycles. The first-order valence-corrected chi connectivity index (χ1v) is 7.24. The molecule has 1 atom stereocenters. The van der Waals surface area contributed by atoms with Gasteiger partial charge in [0.1, 0.15) is 5.75 Å². The summed E-state index contributed by atoms with van der Waals surface area (Å²) in [6, 6.07) is 4.29. The number of benzene rings is 1. The van der Waals surface area contributed by atoms with Crippen molar-refractivity contribution in [2.24, 2.45) is 0 Å². The van der Waals surface area contributed by atoms with Crippen molar-refractivity contribution >= 4 is 36.4 Å². The van der Waals surface area contributed by atoms with Crippen LogP contribution in [0.5, 0.6) is 5.75 Å². The highest BCUT2D eigenvalue weighted by Crippen LogP contribution is 2.34. The minimum atomic E-state index is -4.17. The largest absolute Gasteiger partial charge is 0.506 e. The highest BCUT2D eigenvalue weighted by molar-refractivity contribution is 6.32. The van der Waals surface area contributed by atoms with E-state index in [4.69, 9.17) is 11.6 Å². The molecule has 1 saturated heterocycles. The van der Waals surface area contributed by atoms with Crippen LogP contribution in [0.2, 0.25) is 5.02 Å². The minimum absolute atomic E-state index is 0. The van der Waals surface area contributed by atoms with Crippen molar-refractivity contribution in [1.82, 2.24) is 10.2 Å². The molecule has 23 heavy (non-hydrogen) atoms. The molecule has 2 N–H and O–H groups in total. The zero-order valence-corrected chi connectivity index (χ0v) is 14.7. The maximum absolute atomic E-state index is 12.5. The quantitative estimate of drug-likeness (QED) is 0.803. The van der Waals surface area contributed by atoms with E-state index in [1.807, 2.05) is 4.90 Å². The number of aromatic hydroxyl groups is 1. The lowest BCUT2D eigenvalue weighted by Crippen LogP contribution is -2.45. The standard InChI is InChI=1S/C14H18ClF3N2O.2ClH/c15-11-9-10(1-2-13(11)21)12(3-4-14(16,17)18)20-7-5-19-6-8-20;;/h1-2,9,12,19,21H,3-8H2;2*1H/t12-;;/m0../s1. The van der Waals surface area contributed by atoms with E-state index in [1.54, 1.807) is 12.1 Å². The molecule has 1 fully saturated rings. The molecule has 134 valence electrons. The highest BCUT2D eigenvalue weighted by atomic mass is 35.5. The second-order valence-electron chi connectivity index (χ2n) is 5.17. The summed E-state index contributed by atoms with van der Waals surface area (Å²) < 4.78 is 37.6. The monoisotopic (exact) mass is 394 g/mol. The smallest absolute Gasteiger partial charge is 0.389 e. The Morgan fingerprint density at radius 1 is 1.22 bits per heavy atom. The minimum Gasteiger partial charge on any atom is -0.506 e. The number of rotatable bonds is 4. The number of alkyl halides is 3. The molecule has 0 bridgehead atoms. The summed E-state index contributed by atoms with van der Waals surface area (Å²) in [6.45, 7) is 2.91. The van der Waals surface area contributed by atoms with Gasteiger partial charge in [-0.3, -0.25) is 4.90 Å². The SMILES string of the molecule is Cl.Cl.Oc1ccc([C@H](CCC(F)(F)F)N2CCNCC2)cc1Cl. The number of hydrogen-bond donors (Lipinski definition) is 2. The molecule has 1 aromatic rings. The Labute approximate surface area is 151 Å². The van der Waals surface area contributed by atoms with E-state index in [9.17, 15) is 18.3 Å². The zero-order valence-electron chi connectivity index (χ0n) is 12.3. The lowest BCUT2D eigenvalue weighted by Gasteiger charge is -2.35. The Morgan fingerprint density at radius 3 is 2.35 bits per heavy atom. The molecule has 1 heterocycles. The maximum Gasteiger partial charge on any atom is 0.389 e. The van der Waals surface area contributed by atoms with Crippen LogP contribution in [0.4, 0.5) is 13.2 Å². The summed E-state index contributed by atoms with van der Waals surface area (Å²) in [5, 5.41) is 12.8. The Kier molecular flexibility index (Phi) is 9.62.